The number of alkyl halides is 3. The average molecular weight is 356 g/mol. The minimum absolute atomic E-state index is 0.0473. The van der Waals surface area contributed by atoms with E-state index in [1.807, 2.05) is 18.9 Å². The van der Waals surface area contributed by atoms with Crippen molar-refractivity contribution in [3.05, 3.63) is 35.4 Å². The molecule has 1 saturated heterocycles. The van der Waals surface area contributed by atoms with E-state index >= 15 is 0 Å². The van der Waals surface area contributed by atoms with E-state index in [-0.39, 0.29) is 5.91 Å². The molecule has 1 aromatic carbocycles. The molecule has 1 aliphatic heterocycles. The summed E-state index contributed by atoms with van der Waals surface area (Å²) >= 11 is 0. The third-order valence-corrected chi connectivity index (χ3v) is 5.05. The molecule has 1 N–H and O–H groups in total. The highest BCUT2D eigenvalue weighted by Gasteiger charge is 2.33. The molecule has 2 rings (SSSR count). The summed E-state index contributed by atoms with van der Waals surface area (Å²) in [6.45, 7) is 4.22. The average Bonchev–Trinajstić information content (AvgIpc) is 2.60. The Balaban J connectivity index is 2.05. The second-order valence-electron chi connectivity index (χ2n) is 6.74. The number of likely N-dealkylation sites (tertiary alicyclic amines) is 1. The van der Waals surface area contributed by atoms with Crippen LogP contribution in [-0.4, -0.2) is 37.5 Å². The molecule has 0 saturated carbocycles. The standard InChI is InChI=1S/C19H27F3N2O/c1-3-17(15-5-4-6-16(13-15)19(20,21)22)18(25)24-11-8-14(9-12-24)7-10-23-2/h4-6,13-14,17,23H,3,7-12H2,1-2H3. The van der Waals surface area contributed by atoms with Gasteiger partial charge in [0, 0.05) is 13.1 Å². The quantitative estimate of drug-likeness (QED) is 0.834. The Kier molecular flexibility index (Phi) is 6.87. The summed E-state index contributed by atoms with van der Waals surface area (Å²) in [4.78, 5) is 14.7. The molecule has 0 radical (unpaired) electrons. The van der Waals surface area contributed by atoms with Crippen molar-refractivity contribution in [3.63, 3.8) is 0 Å². The molecule has 25 heavy (non-hydrogen) atoms. The van der Waals surface area contributed by atoms with E-state index in [1.165, 1.54) is 6.07 Å². The molecule has 1 fully saturated rings. The summed E-state index contributed by atoms with van der Waals surface area (Å²) in [6, 6.07) is 5.18. The second-order valence-corrected chi connectivity index (χ2v) is 6.74. The molecule has 0 aliphatic carbocycles. The first kappa shape index (κ1) is 19.8. The summed E-state index contributed by atoms with van der Waals surface area (Å²) in [5, 5.41) is 3.14. The first-order chi connectivity index (χ1) is 11.9. The van der Waals surface area contributed by atoms with Gasteiger partial charge in [-0.25, -0.2) is 0 Å². The van der Waals surface area contributed by atoms with Gasteiger partial charge in [0.15, 0.2) is 0 Å². The minimum atomic E-state index is -4.39. The van der Waals surface area contributed by atoms with Crippen LogP contribution in [0.2, 0.25) is 0 Å². The lowest BCUT2D eigenvalue weighted by atomic mass is 9.90. The van der Waals surface area contributed by atoms with Gasteiger partial charge >= 0.3 is 6.18 Å². The van der Waals surface area contributed by atoms with Crippen molar-refractivity contribution < 1.29 is 18.0 Å². The Bertz CT molecular complexity index is 566. The lowest BCUT2D eigenvalue weighted by Gasteiger charge is -2.34. The molecule has 0 bridgehead atoms. The Morgan fingerprint density at radius 1 is 1.32 bits per heavy atom. The number of piperidine rings is 1. The number of carbonyl (C=O) groups is 1. The fourth-order valence-electron chi connectivity index (χ4n) is 3.50. The molecule has 6 heteroatoms. The number of halogens is 3. The van der Waals surface area contributed by atoms with E-state index in [2.05, 4.69) is 5.32 Å². The lowest BCUT2D eigenvalue weighted by molar-refractivity contribution is -0.138. The van der Waals surface area contributed by atoms with Gasteiger partial charge in [0.1, 0.15) is 0 Å². The molecule has 1 unspecified atom stereocenters. The van der Waals surface area contributed by atoms with Gasteiger partial charge in [0.05, 0.1) is 11.5 Å². The van der Waals surface area contributed by atoms with Crippen LogP contribution in [0.5, 0.6) is 0 Å². The first-order valence-corrected chi connectivity index (χ1v) is 8.97. The van der Waals surface area contributed by atoms with Crippen LogP contribution in [0.25, 0.3) is 0 Å². The molecule has 1 amide bonds. The molecule has 1 atom stereocenters. The van der Waals surface area contributed by atoms with Gasteiger partial charge < -0.3 is 10.2 Å². The third-order valence-electron chi connectivity index (χ3n) is 5.05. The van der Waals surface area contributed by atoms with E-state index in [4.69, 9.17) is 0 Å². The maximum atomic E-state index is 12.9. The number of nitrogens with one attached hydrogen (secondary N) is 1. The van der Waals surface area contributed by atoms with Crippen LogP contribution in [0.15, 0.2) is 24.3 Å². The number of hydrogen-bond donors (Lipinski definition) is 1. The van der Waals surface area contributed by atoms with Crippen molar-refractivity contribution in [1.82, 2.24) is 10.2 Å². The van der Waals surface area contributed by atoms with Gasteiger partial charge in [-0.05, 0) is 56.8 Å². The molecule has 1 heterocycles. The second kappa shape index (κ2) is 8.70. The zero-order chi connectivity index (χ0) is 18.4. The summed E-state index contributed by atoms with van der Waals surface area (Å²) in [6.07, 6.45) is -0.856. The van der Waals surface area contributed by atoms with Crippen molar-refractivity contribution in [1.29, 1.82) is 0 Å². The summed E-state index contributed by atoms with van der Waals surface area (Å²) in [5.74, 6) is 0.0650. The van der Waals surface area contributed by atoms with Crippen molar-refractivity contribution in [2.45, 2.75) is 44.7 Å². The normalized spacial score (nSPS) is 17.6. The molecule has 0 aromatic heterocycles. The maximum absolute atomic E-state index is 12.9. The maximum Gasteiger partial charge on any atom is 0.416 e. The lowest BCUT2D eigenvalue weighted by Crippen LogP contribution is -2.41. The third kappa shape index (κ3) is 5.21. The molecule has 1 aromatic rings. The largest absolute Gasteiger partial charge is 0.416 e. The molecule has 3 nitrogen and oxygen atoms in total. The fourth-order valence-corrected chi connectivity index (χ4v) is 3.50. The Morgan fingerprint density at radius 3 is 2.56 bits per heavy atom. The van der Waals surface area contributed by atoms with Crippen molar-refractivity contribution in [2.75, 3.05) is 26.7 Å². The molecular formula is C19H27F3N2O. The smallest absolute Gasteiger partial charge is 0.342 e. The molecule has 1 aliphatic rings. The van der Waals surface area contributed by atoms with Crippen molar-refractivity contribution >= 4 is 5.91 Å². The van der Waals surface area contributed by atoms with E-state index in [9.17, 15) is 18.0 Å². The Labute approximate surface area is 147 Å². The number of amides is 1. The SMILES string of the molecule is CCC(C(=O)N1CCC(CCNC)CC1)c1cccc(C(F)(F)F)c1. The van der Waals surface area contributed by atoms with Crippen molar-refractivity contribution in [3.8, 4) is 0 Å². The van der Waals surface area contributed by atoms with Gasteiger partial charge in [-0.2, -0.15) is 13.2 Å². The van der Waals surface area contributed by atoms with Crippen LogP contribution in [0, 0.1) is 5.92 Å². The van der Waals surface area contributed by atoms with Crippen LogP contribution in [0.4, 0.5) is 13.2 Å². The van der Waals surface area contributed by atoms with E-state index < -0.39 is 17.7 Å². The summed E-state index contributed by atoms with van der Waals surface area (Å²) in [7, 11) is 1.93. The molecule has 140 valence electrons. The summed E-state index contributed by atoms with van der Waals surface area (Å²) < 4.78 is 38.8. The van der Waals surface area contributed by atoms with Crippen LogP contribution < -0.4 is 5.32 Å². The van der Waals surface area contributed by atoms with Crippen molar-refractivity contribution in [2.24, 2.45) is 5.92 Å². The van der Waals surface area contributed by atoms with E-state index in [0.717, 1.165) is 37.9 Å². The monoisotopic (exact) mass is 356 g/mol. The highest BCUT2D eigenvalue weighted by molar-refractivity contribution is 5.83. The molecular weight excluding hydrogens is 329 g/mol. The fraction of sp³-hybridized carbons (Fsp3) is 0.632. The number of rotatable bonds is 6. The van der Waals surface area contributed by atoms with Gasteiger partial charge in [-0.3, -0.25) is 4.79 Å². The van der Waals surface area contributed by atoms with Gasteiger partial charge in [-0.15, -0.1) is 0 Å². The Hall–Kier alpha value is -1.56. The first-order valence-electron chi connectivity index (χ1n) is 8.97. The number of benzene rings is 1. The Morgan fingerprint density at radius 2 is 2.00 bits per heavy atom. The predicted octanol–water partition coefficient (Wildman–Crippen LogP) is 4.05. The van der Waals surface area contributed by atoms with Gasteiger partial charge in [0.25, 0.3) is 0 Å². The van der Waals surface area contributed by atoms with E-state index in [0.29, 0.717) is 31.0 Å². The van der Waals surface area contributed by atoms with Gasteiger partial charge in [0.2, 0.25) is 5.91 Å². The highest BCUT2D eigenvalue weighted by atomic mass is 19.4. The number of nitrogens with zero attached hydrogens (tertiary/aromatic N) is 1. The van der Waals surface area contributed by atoms with Crippen LogP contribution in [0.3, 0.4) is 0 Å². The van der Waals surface area contributed by atoms with Crippen LogP contribution >= 0.6 is 0 Å². The predicted molar refractivity (Wildman–Crippen MR) is 92.3 cm³/mol. The topological polar surface area (TPSA) is 32.3 Å². The van der Waals surface area contributed by atoms with Crippen LogP contribution in [0.1, 0.15) is 49.7 Å². The molecule has 0 spiro atoms. The number of carbonyl (C=O) groups excluding carboxylic acids is 1. The minimum Gasteiger partial charge on any atom is -0.342 e. The highest BCUT2D eigenvalue weighted by Crippen LogP contribution is 2.33. The van der Waals surface area contributed by atoms with Gasteiger partial charge in [-0.1, -0.05) is 25.1 Å². The zero-order valence-corrected chi connectivity index (χ0v) is 14.9. The van der Waals surface area contributed by atoms with E-state index in [1.54, 1.807) is 6.07 Å². The number of hydrogen-bond acceptors (Lipinski definition) is 2. The summed E-state index contributed by atoms with van der Waals surface area (Å²) in [5.41, 5.74) is -0.235. The van der Waals surface area contributed by atoms with Crippen LogP contribution in [-0.2, 0) is 11.0 Å². The zero-order valence-electron chi connectivity index (χ0n) is 14.9.